The normalized spacial score (nSPS) is 11.1. The van der Waals surface area contributed by atoms with Crippen LogP contribution in [-0.2, 0) is 11.3 Å². The van der Waals surface area contributed by atoms with Crippen LogP contribution < -0.4 is 10.9 Å². The standard InChI is InChI=1S/C20H17N3O2/c1-14-7-2-3-8-15(14)21-19(24)13-23-17-10-5-4-9-16(17)22-12-6-11-18(22)20(23)25/h2-12H,13H2,1H3,(H,21,24). The first kappa shape index (κ1) is 15.2. The number of carbonyl (C=O) groups excluding carboxylic acids is 1. The fraction of sp³-hybridized carbons (Fsp3) is 0.100. The average Bonchev–Trinajstić information content (AvgIpc) is 3.11. The van der Waals surface area contributed by atoms with Gasteiger partial charge in [0.15, 0.2) is 0 Å². The van der Waals surface area contributed by atoms with Crippen LogP contribution in [0.4, 0.5) is 5.69 Å². The van der Waals surface area contributed by atoms with Crippen molar-refractivity contribution in [2.24, 2.45) is 0 Å². The third-order valence-electron chi connectivity index (χ3n) is 4.37. The molecule has 0 saturated carbocycles. The highest BCUT2D eigenvalue weighted by Gasteiger charge is 2.13. The summed E-state index contributed by atoms with van der Waals surface area (Å²) < 4.78 is 3.38. The molecule has 0 bridgehead atoms. The number of anilines is 1. The van der Waals surface area contributed by atoms with Crippen LogP contribution in [0.2, 0.25) is 0 Å². The van der Waals surface area contributed by atoms with Gasteiger partial charge in [0.1, 0.15) is 12.1 Å². The van der Waals surface area contributed by atoms with Crippen LogP contribution >= 0.6 is 0 Å². The first-order valence-electron chi connectivity index (χ1n) is 8.09. The number of amides is 1. The summed E-state index contributed by atoms with van der Waals surface area (Å²) in [5.74, 6) is -0.225. The van der Waals surface area contributed by atoms with Crippen LogP contribution in [0.25, 0.3) is 16.6 Å². The summed E-state index contributed by atoms with van der Waals surface area (Å²) in [5, 5.41) is 2.89. The fourth-order valence-electron chi connectivity index (χ4n) is 3.11. The van der Waals surface area contributed by atoms with E-state index in [0.29, 0.717) is 5.52 Å². The van der Waals surface area contributed by atoms with Crippen molar-refractivity contribution in [1.82, 2.24) is 8.97 Å². The molecule has 0 radical (unpaired) electrons. The van der Waals surface area contributed by atoms with Crippen molar-refractivity contribution in [2.75, 3.05) is 5.32 Å². The molecule has 0 fully saturated rings. The number of nitrogens with zero attached hydrogens (tertiary/aromatic N) is 2. The maximum absolute atomic E-state index is 12.8. The molecule has 0 atom stereocenters. The molecule has 0 unspecified atom stereocenters. The number of fused-ring (bicyclic) bond motifs is 3. The van der Waals surface area contributed by atoms with Gasteiger partial charge >= 0.3 is 0 Å². The molecule has 1 amide bonds. The minimum Gasteiger partial charge on any atom is -0.324 e. The Balaban J connectivity index is 1.78. The van der Waals surface area contributed by atoms with E-state index in [4.69, 9.17) is 0 Å². The van der Waals surface area contributed by atoms with Crippen molar-refractivity contribution in [3.8, 4) is 0 Å². The van der Waals surface area contributed by atoms with Gasteiger partial charge in [-0.15, -0.1) is 0 Å². The summed E-state index contributed by atoms with van der Waals surface area (Å²) in [6.07, 6.45) is 1.86. The lowest BCUT2D eigenvalue weighted by atomic mass is 10.2. The van der Waals surface area contributed by atoms with Gasteiger partial charge in [0.2, 0.25) is 5.91 Å². The first-order chi connectivity index (χ1) is 12.1. The van der Waals surface area contributed by atoms with Crippen LogP contribution in [-0.4, -0.2) is 14.9 Å². The maximum Gasteiger partial charge on any atom is 0.275 e. The second kappa shape index (κ2) is 5.94. The fourth-order valence-corrected chi connectivity index (χ4v) is 3.11. The molecule has 0 aliphatic heterocycles. The first-order valence-corrected chi connectivity index (χ1v) is 8.09. The van der Waals surface area contributed by atoms with Crippen LogP contribution in [0, 0.1) is 6.92 Å². The van der Waals surface area contributed by atoms with Crippen molar-refractivity contribution in [1.29, 1.82) is 0 Å². The molecule has 2 aromatic carbocycles. The summed E-state index contributed by atoms with van der Waals surface area (Å²) >= 11 is 0. The summed E-state index contributed by atoms with van der Waals surface area (Å²) in [5.41, 5.74) is 3.75. The van der Waals surface area contributed by atoms with Gasteiger partial charge in [-0.2, -0.15) is 0 Å². The number of hydrogen-bond acceptors (Lipinski definition) is 2. The second-order valence-electron chi connectivity index (χ2n) is 6.01. The molecule has 4 rings (SSSR count). The molecule has 0 spiro atoms. The number of aromatic nitrogens is 2. The van der Waals surface area contributed by atoms with Gasteiger partial charge in [0.05, 0.1) is 11.0 Å². The molecule has 5 nitrogen and oxygen atoms in total. The second-order valence-corrected chi connectivity index (χ2v) is 6.01. The van der Waals surface area contributed by atoms with Crippen molar-refractivity contribution >= 4 is 28.1 Å². The minimum absolute atomic E-state index is 0.0324. The van der Waals surface area contributed by atoms with Crippen LogP contribution in [0.1, 0.15) is 5.56 Å². The topological polar surface area (TPSA) is 55.5 Å². The van der Waals surface area contributed by atoms with Crippen LogP contribution in [0.5, 0.6) is 0 Å². The zero-order chi connectivity index (χ0) is 17.4. The highest BCUT2D eigenvalue weighted by molar-refractivity contribution is 5.92. The molecule has 124 valence electrons. The predicted molar refractivity (Wildman–Crippen MR) is 99.0 cm³/mol. The Labute approximate surface area is 144 Å². The molecule has 5 heteroatoms. The number of rotatable bonds is 3. The third kappa shape index (κ3) is 2.59. The number of benzene rings is 2. The Morgan fingerprint density at radius 2 is 1.60 bits per heavy atom. The van der Waals surface area contributed by atoms with Gasteiger partial charge in [-0.3, -0.25) is 14.2 Å². The minimum atomic E-state index is -0.225. The van der Waals surface area contributed by atoms with E-state index in [1.54, 1.807) is 6.07 Å². The van der Waals surface area contributed by atoms with Crippen molar-refractivity contribution in [3.05, 3.63) is 82.8 Å². The summed E-state index contributed by atoms with van der Waals surface area (Å²) in [6, 6.07) is 18.8. The Morgan fingerprint density at radius 1 is 0.920 bits per heavy atom. The monoisotopic (exact) mass is 331 g/mol. The quantitative estimate of drug-likeness (QED) is 0.627. The van der Waals surface area contributed by atoms with E-state index in [1.165, 1.54) is 4.57 Å². The highest BCUT2D eigenvalue weighted by Crippen LogP contribution is 2.16. The molecular formula is C20H17N3O2. The lowest BCUT2D eigenvalue weighted by molar-refractivity contribution is -0.116. The molecule has 4 aromatic rings. The molecule has 25 heavy (non-hydrogen) atoms. The number of carbonyl (C=O) groups is 1. The predicted octanol–water partition coefficient (Wildman–Crippen LogP) is 3.20. The van der Waals surface area contributed by atoms with Crippen LogP contribution in [0.15, 0.2) is 71.7 Å². The van der Waals surface area contributed by atoms with Crippen molar-refractivity contribution in [2.45, 2.75) is 13.5 Å². The summed E-state index contributed by atoms with van der Waals surface area (Å²) in [6.45, 7) is 1.90. The van der Waals surface area contributed by atoms with Crippen LogP contribution in [0.3, 0.4) is 0 Å². The zero-order valence-electron chi connectivity index (χ0n) is 13.8. The van der Waals surface area contributed by atoms with Gasteiger partial charge < -0.3 is 9.72 Å². The smallest absolute Gasteiger partial charge is 0.275 e. The Bertz CT molecular complexity index is 1150. The molecule has 2 aromatic heterocycles. The maximum atomic E-state index is 12.8. The van der Waals surface area contributed by atoms with Crippen molar-refractivity contribution in [3.63, 3.8) is 0 Å². The summed E-state index contributed by atoms with van der Waals surface area (Å²) in [4.78, 5) is 25.3. The molecule has 0 saturated heterocycles. The Hall–Kier alpha value is -3.34. The molecule has 0 aliphatic carbocycles. The molecule has 2 heterocycles. The van der Waals surface area contributed by atoms with Crippen molar-refractivity contribution < 1.29 is 4.79 Å². The van der Waals surface area contributed by atoms with E-state index in [0.717, 1.165) is 22.3 Å². The SMILES string of the molecule is Cc1ccccc1NC(=O)Cn1c(=O)c2cccn2c2ccccc21. The van der Waals surface area contributed by atoms with E-state index in [1.807, 2.05) is 72.1 Å². The zero-order valence-corrected chi connectivity index (χ0v) is 13.8. The van der Waals surface area contributed by atoms with E-state index >= 15 is 0 Å². The van der Waals surface area contributed by atoms with Gasteiger partial charge in [0.25, 0.3) is 5.56 Å². The lowest BCUT2D eigenvalue weighted by Gasteiger charge is -2.13. The number of para-hydroxylation sites is 3. The summed E-state index contributed by atoms with van der Waals surface area (Å²) in [7, 11) is 0. The van der Waals surface area contributed by atoms with Gasteiger partial charge in [0, 0.05) is 11.9 Å². The highest BCUT2D eigenvalue weighted by atomic mass is 16.2. The van der Waals surface area contributed by atoms with Gasteiger partial charge in [-0.05, 0) is 42.8 Å². The molecule has 0 aliphatic rings. The van der Waals surface area contributed by atoms with Gasteiger partial charge in [-0.25, -0.2) is 0 Å². The Morgan fingerprint density at radius 3 is 2.40 bits per heavy atom. The van der Waals surface area contributed by atoms with E-state index in [2.05, 4.69) is 5.32 Å². The average molecular weight is 331 g/mol. The third-order valence-corrected chi connectivity index (χ3v) is 4.37. The largest absolute Gasteiger partial charge is 0.324 e. The van der Waals surface area contributed by atoms with E-state index in [-0.39, 0.29) is 18.0 Å². The Kier molecular flexibility index (Phi) is 3.61. The molecular weight excluding hydrogens is 314 g/mol. The molecule has 1 N–H and O–H groups in total. The number of hydrogen-bond donors (Lipinski definition) is 1. The van der Waals surface area contributed by atoms with Gasteiger partial charge in [-0.1, -0.05) is 30.3 Å². The number of nitrogens with one attached hydrogen (secondary N) is 1. The van der Waals surface area contributed by atoms with E-state index in [9.17, 15) is 9.59 Å². The number of aryl methyl sites for hydroxylation is 1. The van der Waals surface area contributed by atoms with E-state index < -0.39 is 0 Å². The lowest BCUT2D eigenvalue weighted by Crippen LogP contribution is -2.29.